The number of carbonyl (C=O) groups is 1. The van der Waals surface area contributed by atoms with E-state index in [1.807, 2.05) is 12.1 Å². The summed E-state index contributed by atoms with van der Waals surface area (Å²) in [5, 5.41) is 3.52. The van der Waals surface area contributed by atoms with Crippen molar-refractivity contribution < 1.29 is 4.79 Å². The molecule has 4 heteroatoms. The predicted octanol–water partition coefficient (Wildman–Crippen LogP) is 1.36. The van der Waals surface area contributed by atoms with Gasteiger partial charge in [-0.3, -0.25) is 9.69 Å². The summed E-state index contributed by atoms with van der Waals surface area (Å²) in [5.41, 5.74) is 7.05. The normalized spacial score (nSPS) is 18.9. The molecule has 4 nitrogen and oxygen atoms in total. The third-order valence-corrected chi connectivity index (χ3v) is 3.71. The molecule has 0 saturated carbocycles. The number of rotatable bonds is 6. The van der Waals surface area contributed by atoms with Gasteiger partial charge < -0.3 is 11.1 Å². The van der Waals surface area contributed by atoms with E-state index in [0.717, 1.165) is 31.7 Å². The molecule has 1 aliphatic heterocycles. The van der Waals surface area contributed by atoms with Crippen LogP contribution >= 0.6 is 0 Å². The maximum atomic E-state index is 11.2. The van der Waals surface area contributed by atoms with E-state index >= 15 is 0 Å². The molecule has 104 valence electrons. The Bertz CT molecular complexity index is 427. The van der Waals surface area contributed by atoms with Crippen molar-refractivity contribution in [2.45, 2.75) is 32.4 Å². The van der Waals surface area contributed by atoms with Crippen molar-refractivity contribution in [3.8, 4) is 0 Å². The van der Waals surface area contributed by atoms with Crippen molar-refractivity contribution >= 4 is 5.91 Å². The standard InChI is InChI=1S/C15H23N3O/c1-2-18(11-14-7-4-8-17-14)10-12-5-3-6-13(9-12)15(16)19/h3,5-6,9,14,17H,2,4,7-8,10-11H2,1H3,(H2,16,19). The maximum absolute atomic E-state index is 11.2. The third kappa shape index (κ3) is 4.04. The van der Waals surface area contributed by atoms with Gasteiger partial charge in [0.25, 0.3) is 0 Å². The molecule has 1 aliphatic rings. The molecule has 1 amide bonds. The molecule has 0 spiro atoms. The van der Waals surface area contributed by atoms with Crippen molar-refractivity contribution in [2.75, 3.05) is 19.6 Å². The zero-order valence-electron chi connectivity index (χ0n) is 11.6. The Morgan fingerprint density at radius 2 is 2.37 bits per heavy atom. The molecular formula is C15H23N3O. The van der Waals surface area contributed by atoms with Crippen molar-refractivity contribution in [2.24, 2.45) is 5.73 Å². The van der Waals surface area contributed by atoms with Crippen molar-refractivity contribution in [3.63, 3.8) is 0 Å². The first kappa shape index (κ1) is 14.0. The second-order valence-electron chi connectivity index (χ2n) is 5.19. The van der Waals surface area contributed by atoms with Crippen LogP contribution in [0.1, 0.15) is 35.7 Å². The summed E-state index contributed by atoms with van der Waals surface area (Å²) < 4.78 is 0. The monoisotopic (exact) mass is 261 g/mol. The zero-order chi connectivity index (χ0) is 13.7. The minimum absolute atomic E-state index is 0.359. The second kappa shape index (κ2) is 6.68. The van der Waals surface area contributed by atoms with E-state index in [2.05, 4.69) is 23.2 Å². The maximum Gasteiger partial charge on any atom is 0.248 e. The quantitative estimate of drug-likeness (QED) is 0.813. The van der Waals surface area contributed by atoms with Crippen LogP contribution in [-0.2, 0) is 6.54 Å². The van der Waals surface area contributed by atoms with Crippen LogP contribution in [0.2, 0.25) is 0 Å². The first-order valence-corrected chi connectivity index (χ1v) is 7.03. The fourth-order valence-corrected chi connectivity index (χ4v) is 2.61. The van der Waals surface area contributed by atoms with Crippen LogP contribution < -0.4 is 11.1 Å². The molecule has 19 heavy (non-hydrogen) atoms. The number of nitrogens with one attached hydrogen (secondary N) is 1. The van der Waals surface area contributed by atoms with Crippen LogP contribution in [-0.4, -0.2) is 36.5 Å². The van der Waals surface area contributed by atoms with Crippen LogP contribution in [0.3, 0.4) is 0 Å². The minimum Gasteiger partial charge on any atom is -0.366 e. The van der Waals surface area contributed by atoms with Gasteiger partial charge in [0.1, 0.15) is 0 Å². The lowest BCUT2D eigenvalue weighted by Gasteiger charge is -2.24. The lowest BCUT2D eigenvalue weighted by atomic mass is 10.1. The van der Waals surface area contributed by atoms with E-state index in [1.54, 1.807) is 6.07 Å². The summed E-state index contributed by atoms with van der Waals surface area (Å²) in [6.07, 6.45) is 2.54. The lowest BCUT2D eigenvalue weighted by Crippen LogP contribution is -2.37. The van der Waals surface area contributed by atoms with Crippen LogP contribution in [0.5, 0.6) is 0 Å². The lowest BCUT2D eigenvalue weighted by molar-refractivity contribution is 0.1000. The van der Waals surface area contributed by atoms with Gasteiger partial charge in [-0.1, -0.05) is 19.1 Å². The van der Waals surface area contributed by atoms with Crippen molar-refractivity contribution in [1.29, 1.82) is 0 Å². The van der Waals surface area contributed by atoms with E-state index in [4.69, 9.17) is 5.73 Å². The average Bonchev–Trinajstić information content (AvgIpc) is 2.91. The molecule has 2 rings (SSSR count). The van der Waals surface area contributed by atoms with Gasteiger partial charge in [-0.05, 0) is 43.6 Å². The van der Waals surface area contributed by atoms with Crippen molar-refractivity contribution in [1.82, 2.24) is 10.2 Å². The molecular weight excluding hydrogens is 238 g/mol. The van der Waals surface area contributed by atoms with E-state index in [0.29, 0.717) is 11.6 Å². The van der Waals surface area contributed by atoms with Gasteiger partial charge in [0.05, 0.1) is 0 Å². The Labute approximate surface area is 115 Å². The van der Waals surface area contributed by atoms with Crippen LogP contribution in [0.4, 0.5) is 0 Å². The molecule has 1 atom stereocenters. The topological polar surface area (TPSA) is 58.4 Å². The first-order valence-electron chi connectivity index (χ1n) is 7.03. The summed E-state index contributed by atoms with van der Waals surface area (Å²) in [4.78, 5) is 13.6. The van der Waals surface area contributed by atoms with Gasteiger partial charge in [-0.25, -0.2) is 0 Å². The van der Waals surface area contributed by atoms with E-state index in [-0.39, 0.29) is 5.91 Å². The molecule has 0 bridgehead atoms. The highest BCUT2D eigenvalue weighted by Gasteiger charge is 2.17. The van der Waals surface area contributed by atoms with Crippen LogP contribution in [0.25, 0.3) is 0 Å². The van der Waals surface area contributed by atoms with Gasteiger partial charge in [0.15, 0.2) is 0 Å². The van der Waals surface area contributed by atoms with Gasteiger partial charge in [-0.2, -0.15) is 0 Å². The molecule has 0 aromatic heterocycles. The van der Waals surface area contributed by atoms with Gasteiger partial charge in [0.2, 0.25) is 5.91 Å². The summed E-state index contributed by atoms with van der Waals surface area (Å²) >= 11 is 0. The van der Waals surface area contributed by atoms with Crippen molar-refractivity contribution in [3.05, 3.63) is 35.4 Å². The van der Waals surface area contributed by atoms with Gasteiger partial charge in [0, 0.05) is 24.7 Å². The van der Waals surface area contributed by atoms with Gasteiger partial charge >= 0.3 is 0 Å². The third-order valence-electron chi connectivity index (χ3n) is 3.71. The minimum atomic E-state index is -0.359. The number of likely N-dealkylation sites (N-methyl/N-ethyl adjacent to an activating group) is 1. The molecule has 0 radical (unpaired) electrons. The largest absolute Gasteiger partial charge is 0.366 e. The predicted molar refractivity (Wildman–Crippen MR) is 76.9 cm³/mol. The summed E-state index contributed by atoms with van der Waals surface area (Å²) in [7, 11) is 0. The summed E-state index contributed by atoms with van der Waals surface area (Å²) in [6, 6.07) is 8.22. The smallest absolute Gasteiger partial charge is 0.248 e. The molecule has 3 N–H and O–H groups in total. The summed E-state index contributed by atoms with van der Waals surface area (Å²) in [6.45, 7) is 6.26. The Kier molecular flexibility index (Phi) is 4.93. The molecule has 1 heterocycles. The molecule has 1 aromatic carbocycles. The number of benzene rings is 1. The average molecular weight is 261 g/mol. The van der Waals surface area contributed by atoms with Crippen LogP contribution in [0, 0.1) is 0 Å². The molecule has 0 aliphatic carbocycles. The zero-order valence-corrected chi connectivity index (χ0v) is 11.6. The van der Waals surface area contributed by atoms with E-state index in [1.165, 1.54) is 12.8 Å². The number of hydrogen-bond acceptors (Lipinski definition) is 3. The Morgan fingerprint density at radius 1 is 1.53 bits per heavy atom. The molecule has 1 aromatic rings. The van der Waals surface area contributed by atoms with E-state index in [9.17, 15) is 4.79 Å². The first-order chi connectivity index (χ1) is 9.19. The molecule has 1 fully saturated rings. The highest BCUT2D eigenvalue weighted by atomic mass is 16.1. The SMILES string of the molecule is CCN(Cc1cccc(C(N)=O)c1)CC1CCCN1. The number of primary amides is 1. The Hall–Kier alpha value is -1.39. The number of nitrogens with two attached hydrogens (primary N) is 1. The summed E-state index contributed by atoms with van der Waals surface area (Å²) in [5.74, 6) is -0.359. The number of hydrogen-bond donors (Lipinski definition) is 2. The highest BCUT2D eigenvalue weighted by molar-refractivity contribution is 5.92. The number of amides is 1. The van der Waals surface area contributed by atoms with Crippen LogP contribution in [0.15, 0.2) is 24.3 Å². The Morgan fingerprint density at radius 3 is 3.00 bits per heavy atom. The Balaban J connectivity index is 1.96. The fourth-order valence-electron chi connectivity index (χ4n) is 2.61. The molecule has 1 saturated heterocycles. The highest BCUT2D eigenvalue weighted by Crippen LogP contribution is 2.11. The molecule has 1 unspecified atom stereocenters. The van der Waals surface area contributed by atoms with Gasteiger partial charge in [-0.15, -0.1) is 0 Å². The fraction of sp³-hybridized carbons (Fsp3) is 0.533. The second-order valence-corrected chi connectivity index (χ2v) is 5.19. The van der Waals surface area contributed by atoms with E-state index < -0.39 is 0 Å². The number of carbonyl (C=O) groups excluding carboxylic acids is 1. The number of nitrogens with zero attached hydrogens (tertiary/aromatic N) is 1.